The number of urea groups is 1. The second-order valence-electron chi connectivity index (χ2n) is 5.20. The predicted molar refractivity (Wildman–Crippen MR) is 76.6 cm³/mol. The molecule has 0 radical (unpaired) electrons. The Labute approximate surface area is 114 Å². The molecule has 2 rings (SSSR count). The molecule has 4 heteroatoms. The molecule has 1 saturated carbocycles. The van der Waals surface area contributed by atoms with Crippen molar-refractivity contribution in [2.24, 2.45) is 11.7 Å². The van der Waals surface area contributed by atoms with Crippen LogP contribution in [-0.2, 0) is 6.54 Å². The van der Waals surface area contributed by atoms with E-state index in [1.54, 1.807) is 0 Å². The summed E-state index contributed by atoms with van der Waals surface area (Å²) < 4.78 is 0. The topological polar surface area (TPSA) is 67.1 Å². The van der Waals surface area contributed by atoms with Gasteiger partial charge in [-0.1, -0.05) is 43.2 Å². The van der Waals surface area contributed by atoms with Crippen molar-refractivity contribution in [3.8, 4) is 0 Å². The summed E-state index contributed by atoms with van der Waals surface area (Å²) in [6.07, 6.45) is 4.58. The van der Waals surface area contributed by atoms with Crippen molar-refractivity contribution in [1.82, 2.24) is 10.6 Å². The van der Waals surface area contributed by atoms with Crippen LogP contribution in [0.25, 0.3) is 0 Å². The third kappa shape index (κ3) is 4.24. The van der Waals surface area contributed by atoms with E-state index in [-0.39, 0.29) is 12.1 Å². The van der Waals surface area contributed by atoms with Gasteiger partial charge in [-0.2, -0.15) is 0 Å². The van der Waals surface area contributed by atoms with E-state index in [0.717, 1.165) is 18.4 Å². The highest BCUT2D eigenvalue weighted by molar-refractivity contribution is 5.74. The van der Waals surface area contributed by atoms with Crippen molar-refractivity contribution >= 4 is 6.03 Å². The van der Waals surface area contributed by atoms with E-state index in [4.69, 9.17) is 5.73 Å². The molecule has 4 nitrogen and oxygen atoms in total. The number of hydrogen-bond donors (Lipinski definition) is 3. The van der Waals surface area contributed by atoms with E-state index >= 15 is 0 Å². The molecule has 2 unspecified atom stereocenters. The summed E-state index contributed by atoms with van der Waals surface area (Å²) in [5.74, 6) is 0.427. The maximum absolute atomic E-state index is 11.9. The monoisotopic (exact) mass is 261 g/mol. The van der Waals surface area contributed by atoms with Gasteiger partial charge in [0.15, 0.2) is 0 Å². The van der Waals surface area contributed by atoms with Crippen molar-refractivity contribution in [2.45, 2.75) is 38.3 Å². The van der Waals surface area contributed by atoms with Crippen molar-refractivity contribution in [2.75, 3.05) is 6.54 Å². The van der Waals surface area contributed by atoms with Crippen LogP contribution in [0, 0.1) is 5.92 Å². The number of rotatable bonds is 4. The van der Waals surface area contributed by atoms with Crippen LogP contribution in [-0.4, -0.2) is 18.6 Å². The van der Waals surface area contributed by atoms with Gasteiger partial charge in [0.1, 0.15) is 0 Å². The third-order valence-corrected chi connectivity index (χ3v) is 3.82. The Kier molecular flexibility index (Phi) is 5.21. The average molecular weight is 261 g/mol. The lowest BCUT2D eigenvalue weighted by atomic mass is 9.84. The van der Waals surface area contributed by atoms with E-state index in [1.807, 2.05) is 30.3 Å². The predicted octanol–water partition coefficient (Wildman–Crippen LogP) is 2.00. The fourth-order valence-corrected chi connectivity index (χ4v) is 2.68. The van der Waals surface area contributed by atoms with Crippen molar-refractivity contribution in [3.05, 3.63) is 35.9 Å². The minimum atomic E-state index is -0.0887. The molecule has 0 saturated heterocycles. The zero-order valence-electron chi connectivity index (χ0n) is 11.3. The lowest BCUT2D eigenvalue weighted by Gasteiger charge is -2.31. The molecular weight excluding hydrogens is 238 g/mol. The van der Waals surface area contributed by atoms with Crippen LogP contribution in [0.5, 0.6) is 0 Å². The largest absolute Gasteiger partial charge is 0.335 e. The fraction of sp³-hybridized carbons (Fsp3) is 0.533. The second kappa shape index (κ2) is 7.14. The SMILES string of the molecule is NCC1CCCCC1NC(=O)NCc1ccccc1. The van der Waals surface area contributed by atoms with Gasteiger partial charge in [0.2, 0.25) is 0 Å². The van der Waals surface area contributed by atoms with Gasteiger partial charge in [-0.15, -0.1) is 0 Å². The van der Waals surface area contributed by atoms with Gasteiger partial charge in [-0.3, -0.25) is 0 Å². The van der Waals surface area contributed by atoms with Gasteiger partial charge in [-0.25, -0.2) is 4.79 Å². The molecule has 1 aliphatic rings. The molecule has 0 bridgehead atoms. The molecule has 0 spiro atoms. The number of hydrogen-bond acceptors (Lipinski definition) is 2. The summed E-state index contributed by atoms with van der Waals surface area (Å²) in [5.41, 5.74) is 6.87. The number of nitrogens with two attached hydrogens (primary N) is 1. The Morgan fingerprint density at radius 2 is 1.95 bits per heavy atom. The van der Waals surface area contributed by atoms with E-state index in [9.17, 15) is 4.79 Å². The summed E-state index contributed by atoms with van der Waals surface area (Å²) in [7, 11) is 0. The number of carbonyl (C=O) groups excluding carboxylic acids is 1. The Morgan fingerprint density at radius 3 is 2.68 bits per heavy atom. The van der Waals surface area contributed by atoms with Crippen molar-refractivity contribution < 1.29 is 4.79 Å². The van der Waals surface area contributed by atoms with E-state index in [2.05, 4.69) is 10.6 Å². The van der Waals surface area contributed by atoms with Crippen molar-refractivity contribution in [3.63, 3.8) is 0 Å². The van der Waals surface area contributed by atoms with Gasteiger partial charge in [0.05, 0.1) is 0 Å². The lowest BCUT2D eigenvalue weighted by molar-refractivity contribution is 0.219. The highest BCUT2D eigenvalue weighted by Gasteiger charge is 2.25. The minimum absolute atomic E-state index is 0.0887. The molecule has 104 valence electrons. The molecule has 4 N–H and O–H groups in total. The highest BCUT2D eigenvalue weighted by atomic mass is 16.2. The quantitative estimate of drug-likeness (QED) is 0.776. The first-order chi connectivity index (χ1) is 9.29. The van der Waals surface area contributed by atoms with Crippen LogP contribution >= 0.6 is 0 Å². The first-order valence-electron chi connectivity index (χ1n) is 7.08. The van der Waals surface area contributed by atoms with Crippen LogP contribution in [0.1, 0.15) is 31.2 Å². The Morgan fingerprint density at radius 1 is 1.21 bits per heavy atom. The standard InChI is InChI=1S/C15H23N3O/c16-10-13-8-4-5-9-14(13)18-15(19)17-11-12-6-2-1-3-7-12/h1-3,6-7,13-14H,4-5,8-11,16H2,(H2,17,18,19). The molecule has 1 aromatic rings. The Balaban J connectivity index is 1.77. The summed E-state index contributed by atoms with van der Waals surface area (Å²) in [4.78, 5) is 11.9. The molecule has 19 heavy (non-hydrogen) atoms. The molecule has 1 aromatic carbocycles. The molecule has 0 aliphatic heterocycles. The maximum Gasteiger partial charge on any atom is 0.315 e. The summed E-state index contributed by atoms with van der Waals surface area (Å²) in [6.45, 7) is 1.22. The maximum atomic E-state index is 11.9. The first kappa shape index (κ1) is 13.9. The minimum Gasteiger partial charge on any atom is -0.335 e. The van der Waals surface area contributed by atoms with Gasteiger partial charge >= 0.3 is 6.03 Å². The molecule has 1 aliphatic carbocycles. The highest BCUT2D eigenvalue weighted by Crippen LogP contribution is 2.23. The molecule has 2 amide bonds. The number of benzene rings is 1. The molecular formula is C15H23N3O. The van der Waals surface area contributed by atoms with Crippen LogP contribution in [0.4, 0.5) is 4.79 Å². The zero-order chi connectivity index (χ0) is 13.5. The normalized spacial score (nSPS) is 22.8. The van der Waals surface area contributed by atoms with Gasteiger partial charge < -0.3 is 16.4 Å². The smallest absolute Gasteiger partial charge is 0.315 e. The van der Waals surface area contributed by atoms with Crippen LogP contribution in [0.3, 0.4) is 0 Å². The third-order valence-electron chi connectivity index (χ3n) is 3.82. The number of amides is 2. The fourth-order valence-electron chi connectivity index (χ4n) is 2.68. The number of carbonyl (C=O) groups is 1. The van der Waals surface area contributed by atoms with Gasteiger partial charge in [0.25, 0.3) is 0 Å². The summed E-state index contributed by atoms with van der Waals surface area (Å²) in [6, 6.07) is 10.1. The molecule has 0 heterocycles. The second-order valence-corrected chi connectivity index (χ2v) is 5.20. The molecule has 2 atom stereocenters. The number of nitrogens with one attached hydrogen (secondary N) is 2. The zero-order valence-corrected chi connectivity index (χ0v) is 11.3. The molecule has 0 aromatic heterocycles. The van der Waals surface area contributed by atoms with Gasteiger partial charge in [-0.05, 0) is 30.9 Å². The molecule has 1 fully saturated rings. The Bertz CT molecular complexity index is 394. The first-order valence-corrected chi connectivity index (χ1v) is 7.08. The van der Waals surface area contributed by atoms with E-state index in [1.165, 1.54) is 12.8 Å². The van der Waals surface area contributed by atoms with E-state index < -0.39 is 0 Å². The van der Waals surface area contributed by atoms with Crippen molar-refractivity contribution in [1.29, 1.82) is 0 Å². The summed E-state index contributed by atoms with van der Waals surface area (Å²) >= 11 is 0. The van der Waals surface area contributed by atoms with Crippen LogP contribution in [0.2, 0.25) is 0 Å². The lowest BCUT2D eigenvalue weighted by Crippen LogP contribution is -2.48. The Hall–Kier alpha value is -1.55. The summed E-state index contributed by atoms with van der Waals surface area (Å²) in [5, 5.41) is 5.96. The average Bonchev–Trinajstić information content (AvgIpc) is 2.47. The van der Waals surface area contributed by atoms with E-state index in [0.29, 0.717) is 19.0 Å². The van der Waals surface area contributed by atoms with Gasteiger partial charge in [0, 0.05) is 12.6 Å². The van der Waals surface area contributed by atoms with Crippen LogP contribution in [0.15, 0.2) is 30.3 Å². The van der Waals surface area contributed by atoms with Crippen LogP contribution < -0.4 is 16.4 Å².